The zero-order chi connectivity index (χ0) is 14.8. The number of unbranched alkanes of at least 4 members (excludes halogenated alkanes) is 1. The van der Waals surface area contributed by atoms with Crippen LogP contribution in [0.4, 0.5) is 0 Å². The molecule has 0 amide bonds. The molecule has 0 aliphatic carbocycles. The first kappa shape index (κ1) is 14.8. The SMILES string of the molecule is CCCCC(=O)c1cc2c(c(S(N)(=O)=O)c1)OCCO2. The quantitative estimate of drug-likeness (QED) is 0.831. The summed E-state index contributed by atoms with van der Waals surface area (Å²) < 4.78 is 33.9. The van der Waals surface area contributed by atoms with Crippen molar-refractivity contribution in [2.24, 2.45) is 5.14 Å². The van der Waals surface area contributed by atoms with Crippen molar-refractivity contribution in [1.29, 1.82) is 0 Å². The van der Waals surface area contributed by atoms with Gasteiger partial charge in [-0.15, -0.1) is 0 Å². The van der Waals surface area contributed by atoms with Crippen LogP contribution in [-0.4, -0.2) is 27.4 Å². The van der Waals surface area contributed by atoms with Crippen LogP contribution >= 0.6 is 0 Å². The molecule has 1 aromatic carbocycles. The first-order chi connectivity index (χ1) is 9.43. The highest BCUT2D eigenvalue weighted by molar-refractivity contribution is 7.89. The Morgan fingerprint density at radius 3 is 2.65 bits per heavy atom. The van der Waals surface area contributed by atoms with Crippen LogP contribution in [0.5, 0.6) is 11.5 Å². The fraction of sp³-hybridized carbons (Fsp3) is 0.462. The van der Waals surface area contributed by atoms with Crippen molar-refractivity contribution in [2.45, 2.75) is 31.1 Å². The Balaban J connectivity index is 2.48. The van der Waals surface area contributed by atoms with Crippen LogP contribution in [0.15, 0.2) is 17.0 Å². The smallest absolute Gasteiger partial charge is 0.241 e. The van der Waals surface area contributed by atoms with Gasteiger partial charge in [-0.25, -0.2) is 13.6 Å². The van der Waals surface area contributed by atoms with Crippen LogP contribution in [-0.2, 0) is 10.0 Å². The minimum Gasteiger partial charge on any atom is -0.486 e. The van der Waals surface area contributed by atoms with Crippen LogP contribution in [0.1, 0.15) is 36.5 Å². The number of nitrogens with two attached hydrogens (primary N) is 1. The Morgan fingerprint density at radius 2 is 2.00 bits per heavy atom. The fourth-order valence-corrected chi connectivity index (χ4v) is 2.68. The molecule has 2 rings (SSSR count). The van der Waals surface area contributed by atoms with E-state index < -0.39 is 10.0 Å². The molecular formula is C13H17NO5S. The maximum Gasteiger partial charge on any atom is 0.241 e. The number of ether oxygens (including phenoxy) is 2. The standard InChI is InChI=1S/C13H17NO5S/c1-2-3-4-10(15)9-7-11-13(19-6-5-18-11)12(8-9)20(14,16)17/h7-8H,2-6H2,1H3,(H2,14,16,17). The van der Waals surface area contributed by atoms with Crippen LogP contribution < -0.4 is 14.6 Å². The van der Waals surface area contributed by atoms with E-state index >= 15 is 0 Å². The average molecular weight is 299 g/mol. The van der Waals surface area contributed by atoms with E-state index in [2.05, 4.69) is 0 Å². The van der Waals surface area contributed by atoms with Gasteiger partial charge in [-0.05, 0) is 18.6 Å². The van der Waals surface area contributed by atoms with Crippen molar-refractivity contribution in [2.75, 3.05) is 13.2 Å². The predicted molar refractivity (Wildman–Crippen MR) is 72.7 cm³/mol. The van der Waals surface area contributed by atoms with Gasteiger partial charge in [0.25, 0.3) is 0 Å². The van der Waals surface area contributed by atoms with Crippen molar-refractivity contribution in [3.05, 3.63) is 17.7 Å². The molecule has 0 spiro atoms. The van der Waals surface area contributed by atoms with Crippen LogP contribution in [0.3, 0.4) is 0 Å². The third-order valence-corrected chi connectivity index (χ3v) is 3.91. The van der Waals surface area contributed by atoms with Crippen molar-refractivity contribution in [3.63, 3.8) is 0 Å². The summed E-state index contributed by atoms with van der Waals surface area (Å²) in [7, 11) is -3.98. The zero-order valence-electron chi connectivity index (χ0n) is 11.2. The number of primary sulfonamides is 1. The summed E-state index contributed by atoms with van der Waals surface area (Å²) in [4.78, 5) is 11.8. The molecule has 20 heavy (non-hydrogen) atoms. The number of carbonyl (C=O) groups excluding carboxylic acids is 1. The van der Waals surface area contributed by atoms with E-state index in [1.807, 2.05) is 6.92 Å². The molecule has 1 heterocycles. The van der Waals surface area contributed by atoms with E-state index in [1.54, 1.807) is 0 Å². The lowest BCUT2D eigenvalue weighted by Crippen LogP contribution is -2.21. The Morgan fingerprint density at radius 1 is 1.30 bits per heavy atom. The normalized spacial score (nSPS) is 14.1. The van der Waals surface area contributed by atoms with Crippen molar-refractivity contribution in [3.8, 4) is 11.5 Å². The van der Waals surface area contributed by atoms with Crippen molar-refractivity contribution < 1.29 is 22.7 Å². The number of fused-ring (bicyclic) bond motifs is 1. The Hall–Kier alpha value is -1.60. The topological polar surface area (TPSA) is 95.7 Å². The van der Waals surface area contributed by atoms with Crippen molar-refractivity contribution in [1.82, 2.24) is 0 Å². The summed E-state index contributed by atoms with van der Waals surface area (Å²) in [5, 5.41) is 5.18. The maximum absolute atomic E-state index is 12.0. The van der Waals surface area contributed by atoms with Gasteiger partial charge in [0, 0.05) is 12.0 Å². The zero-order valence-corrected chi connectivity index (χ0v) is 12.0. The van der Waals surface area contributed by atoms with E-state index in [0.29, 0.717) is 13.0 Å². The predicted octanol–water partition coefficient (Wildman–Crippen LogP) is 1.48. The molecule has 0 saturated carbocycles. The molecule has 6 nitrogen and oxygen atoms in total. The van der Waals surface area contributed by atoms with Gasteiger partial charge in [0.2, 0.25) is 10.0 Å². The summed E-state index contributed by atoms with van der Waals surface area (Å²) >= 11 is 0. The molecule has 1 aromatic rings. The second-order valence-electron chi connectivity index (χ2n) is 4.57. The molecule has 110 valence electrons. The van der Waals surface area contributed by atoms with E-state index in [9.17, 15) is 13.2 Å². The number of carbonyl (C=O) groups is 1. The second-order valence-corrected chi connectivity index (χ2v) is 6.10. The lowest BCUT2D eigenvalue weighted by atomic mass is 10.0. The summed E-state index contributed by atoms with van der Waals surface area (Å²) in [6, 6.07) is 2.78. The molecule has 0 unspecified atom stereocenters. The number of hydrogen-bond donors (Lipinski definition) is 1. The molecule has 0 atom stereocenters. The molecule has 1 aliphatic rings. The van der Waals surface area contributed by atoms with Gasteiger partial charge in [-0.1, -0.05) is 13.3 Å². The molecule has 0 saturated heterocycles. The number of benzene rings is 1. The Bertz CT molecular complexity index is 624. The summed E-state index contributed by atoms with van der Waals surface area (Å²) in [6.07, 6.45) is 2.00. The van der Waals surface area contributed by atoms with Crippen molar-refractivity contribution >= 4 is 15.8 Å². The highest BCUT2D eigenvalue weighted by atomic mass is 32.2. The number of Topliss-reactive ketones (excluding diaryl/α,β-unsaturated/α-hetero) is 1. The van der Waals surface area contributed by atoms with Gasteiger partial charge in [-0.2, -0.15) is 0 Å². The largest absolute Gasteiger partial charge is 0.486 e. The van der Waals surface area contributed by atoms with E-state index in [1.165, 1.54) is 12.1 Å². The van der Waals surface area contributed by atoms with Crippen LogP contribution in [0, 0.1) is 0 Å². The molecule has 0 aromatic heterocycles. The van der Waals surface area contributed by atoms with Gasteiger partial charge < -0.3 is 9.47 Å². The summed E-state index contributed by atoms with van der Waals surface area (Å²) in [5.41, 5.74) is 0.284. The Labute approximate surface area is 117 Å². The van der Waals surface area contributed by atoms with Crippen LogP contribution in [0.25, 0.3) is 0 Å². The van der Waals surface area contributed by atoms with E-state index in [4.69, 9.17) is 14.6 Å². The van der Waals surface area contributed by atoms with E-state index in [0.717, 1.165) is 12.8 Å². The third kappa shape index (κ3) is 3.10. The highest BCUT2D eigenvalue weighted by Crippen LogP contribution is 2.37. The fourth-order valence-electron chi connectivity index (χ4n) is 1.98. The summed E-state index contributed by atoms with van der Waals surface area (Å²) in [6.45, 7) is 2.54. The van der Waals surface area contributed by atoms with Gasteiger partial charge in [0.05, 0.1) is 0 Å². The van der Waals surface area contributed by atoms with Gasteiger partial charge in [0.1, 0.15) is 18.1 Å². The molecule has 0 bridgehead atoms. The molecule has 2 N–H and O–H groups in total. The third-order valence-electron chi connectivity index (χ3n) is 2.99. The number of ketones is 1. The van der Waals surface area contributed by atoms with E-state index in [-0.39, 0.29) is 34.3 Å². The minimum atomic E-state index is -3.98. The lowest BCUT2D eigenvalue weighted by molar-refractivity contribution is 0.0978. The maximum atomic E-state index is 12.0. The first-order valence-corrected chi connectivity index (χ1v) is 7.97. The molecule has 7 heteroatoms. The van der Waals surface area contributed by atoms with Gasteiger partial charge >= 0.3 is 0 Å². The summed E-state index contributed by atoms with van der Waals surface area (Å²) in [5.74, 6) is 0.210. The first-order valence-electron chi connectivity index (χ1n) is 6.43. The molecule has 0 fully saturated rings. The average Bonchev–Trinajstić information content (AvgIpc) is 2.42. The van der Waals surface area contributed by atoms with Crippen LogP contribution in [0.2, 0.25) is 0 Å². The number of sulfonamides is 1. The molecular weight excluding hydrogens is 282 g/mol. The van der Waals surface area contributed by atoms with Gasteiger partial charge in [0.15, 0.2) is 17.3 Å². The van der Waals surface area contributed by atoms with Gasteiger partial charge in [-0.3, -0.25) is 4.79 Å². The molecule has 1 aliphatic heterocycles. The lowest BCUT2D eigenvalue weighted by Gasteiger charge is -2.21. The number of rotatable bonds is 5. The number of hydrogen-bond acceptors (Lipinski definition) is 5. The monoisotopic (exact) mass is 299 g/mol. The second kappa shape index (κ2) is 5.80. The minimum absolute atomic E-state index is 0.0887. The Kier molecular flexibility index (Phi) is 4.29. The molecule has 0 radical (unpaired) electrons. The highest BCUT2D eigenvalue weighted by Gasteiger charge is 2.25.